The Morgan fingerprint density at radius 2 is 1.03 bits per heavy atom. The van der Waals surface area contributed by atoms with Crippen LogP contribution in [-0.4, -0.2) is 77.2 Å². The van der Waals surface area contributed by atoms with E-state index in [0.717, 1.165) is 31.5 Å². The molecule has 4 heterocycles. The van der Waals surface area contributed by atoms with Gasteiger partial charge in [0.2, 0.25) is 0 Å². The smallest absolute Gasteiger partial charge is 0.0800 e. The summed E-state index contributed by atoms with van der Waals surface area (Å²) >= 11 is 13.3. The van der Waals surface area contributed by atoms with Gasteiger partial charge in [-0.3, -0.25) is 0 Å². The van der Waals surface area contributed by atoms with Gasteiger partial charge >= 0.3 is 0 Å². The second kappa shape index (κ2) is 15.6. The molecule has 30 heavy (non-hydrogen) atoms. The van der Waals surface area contributed by atoms with Crippen molar-refractivity contribution < 1.29 is 0 Å². The van der Waals surface area contributed by atoms with Crippen molar-refractivity contribution in [3.63, 3.8) is 0 Å². The zero-order chi connectivity index (χ0) is 20.4. The fraction of sp³-hybridized carbons (Fsp3) is 1.00. The standard InChI is InChI=1S/C20H34S10/c1(5-21-13-19-27-28-19)3-15(7-23-9-17-11-25-17)16(8-24-10-18-12-26-18)4-2-6-22-14-20-29-30-20/h15-20H,1-14H2. The van der Waals surface area contributed by atoms with Crippen molar-refractivity contribution in [2.45, 2.75) is 45.3 Å². The Balaban J connectivity index is 1.18. The maximum Gasteiger partial charge on any atom is 0.0800 e. The molecule has 0 aliphatic carbocycles. The summed E-state index contributed by atoms with van der Waals surface area (Å²) in [7, 11) is 8.29. The van der Waals surface area contributed by atoms with Crippen molar-refractivity contribution in [3.05, 3.63) is 0 Å². The van der Waals surface area contributed by atoms with Crippen LogP contribution in [0.5, 0.6) is 0 Å². The van der Waals surface area contributed by atoms with E-state index in [9.17, 15) is 0 Å². The van der Waals surface area contributed by atoms with Gasteiger partial charge in [0.15, 0.2) is 0 Å². The van der Waals surface area contributed by atoms with Gasteiger partial charge < -0.3 is 0 Å². The van der Waals surface area contributed by atoms with Crippen molar-refractivity contribution in [1.82, 2.24) is 0 Å². The third-order valence-electron chi connectivity index (χ3n) is 5.44. The number of thioether (sulfide) groups is 6. The summed E-state index contributed by atoms with van der Waals surface area (Å²) in [6.07, 6.45) is 5.85. The number of rotatable bonds is 21. The first-order valence-electron chi connectivity index (χ1n) is 11.1. The van der Waals surface area contributed by atoms with Gasteiger partial charge in [-0.1, -0.05) is 43.2 Å². The first-order chi connectivity index (χ1) is 14.9. The van der Waals surface area contributed by atoms with Gasteiger partial charge in [0.05, 0.1) is 9.16 Å². The quantitative estimate of drug-likeness (QED) is 0.0718. The van der Waals surface area contributed by atoms with Crippen molar-refractivity contribution in [3.8, 4) is 0 Å². The Morgan fingerprint density at radius 3 is 1.40 bits per heavy atom. The van der Waals surface area contributed by atoms with Crippen molar-refractivity contribution >= 4 is 114 Å². The van der Waals surface area contributed by atoms with Crippen LogP contribution < -0.4 is 0 Å². The molecule has 4 fully saturated rings. The highest BCUT2D eigenvalue weighted by atomic mass is 33.2. The molecule has 10 heteroatoms. The Hall–Kier alpha value is 3.50. The molecule has 174 valence electrons. The first kappa shape index (κ1) is 26.6. The van der Waals surface area contributed by atoms with Crippen molar-refractivity contribution in [1.29, 1.82) is 0 Å². The molecule has 4 aliphatic heterocycles. The Kier molecular flexibility index (Phi) is 13.8. The topological polar surface area (TPSA) is 0 Å². The van der Waals surface area contributed by atoms with Gasteiger partial charge in [-0.15, -0.1) is 0 Å². The zero-order valence-corrected chi connectivity index (χ0v) is 25.6. The first-order valence-corrected chi connectivity index (χ1v) is 22.3. The molecule has 0 amide bonds. The molecule has 4 atom stereocenters. The normalized spacial score (nSPS) is 27.2. The summed E-state index contributed by atoms with van der Waals surface area (Å²) in [6, 6.07) is 0. The van der Waals surface area contributed by atoms with E-state index >= 15 is 0 Å². The second-order valence-corrected chi connectivity index (χ2v) is 21.3. The molecule has 0 spiro atoms. The van der Waals surface area contributed by atoms with Gasteiger partial charge in [-0.05, 0) is 60.5 Å². The highest BCUT2D eigenvalue weighted by Gasteiger charge is 2.28. The van der Waals surface area contributed by atoms with E-state index in [4.69, 9.17) is 0 Å². The van der Waals surface area contributed by atoms with Gasteiger partial charge in [0, 0.05) is 45.0 Å². The Labute approximate surface area is 226 Å². The third-order valence-corrected chi connectivity index (χ3v) is 17.9. The van der Waals surface area contributed by atoms with Gasteiger partial charge in [0.1, 0.15) is 0 Å². The molecule has 0 radical (unpaired) electrons. The van der Waals surface area contributed by atoms with E-state index in [1.807, 2.05) is 0 Å². The molecule has 0 nitrogen and oxygen atoms in total. The van der Waals surface area contributed by atoms with E-state index < -0.39 is 0 Å². The van der Waals surface area contributed by atoms with Crippen LogP contribution in [0.1, 0.15) is 25.7 Å². The molecule has 0 aromatic carbocycles. The predicted octanol–water partition coefficient (Wildman–Crippen LogP) is 8.39. The highest BCUT2D eigenvalue weighted by Crippen LogP contribution is 2.55. The summed E-state index contributed by atoms with van der Waals surface area (Å²) in [6.45, 7) is 0. The molecular weight excluding hydrogens is 561 g/mol. The summed E-state index contributed by atoms with van der Waals surface area (Å²) in [5.41, 5.74) is 0. The maximum atomic E-state index is 2.29. The van der Waals surface area contributed by atoms with Crippen LogP contribution in [0.25, 0.3) is 0 Å². The monoisotopic (exact) mass is 594 g/mol. The molecule has 0 aromatic rings. The Morgan fingerprint density at radius 1 is 0.600 bits per heavy atom. The lowest BCUT2D eigenvalue weighted by Gasteiger charge is -2.27. The average molecular weight is 595 g/mol. The fourth-order valence-corrected chi connectivity index (χ4v) is 14.2. The minimum Gasteiger partial charge on any atom is -0.161 e. The Bertz CT molecular complexity index is 423. The van der Waals surface area contributed by atoms with Crippen LogP contribution in [0.15, 0.2) is 0 Å². The average Bonchev–Trinajstić information content (AvgIpc) is 3.55. The molecule has 0 aromatic heterocycles. The van der Waals surface area contributed by atoms with Gasteiger partial charge in [0.25, 0.3) is 0 Å². The summed E-state index contributed by atoms with van der Waals surface area (Å²) in [5, 5.41) is 1.99. The lowest BCUT2D eigenvalue weighted by Crippen LogP contribution is -2.21. The van der Waals surface area contributed by atoms with E-state index in [1.54, 1.807) is 0 Å². The largest absolute Gasteiger partial charge is 0.161 e. The number of hydrogen-bond acceptors (Lipinski definition) is 10. The zero-order valence-electron chi connectivity index (χ0n) is 17.4. The molecule has 4 unspecified atom stereocenters. The minimum absolute atomic E-state index is 0.923. The van der Waals surface area contributed by atoms with Gasteiger partial charge in [-0.25, -0.2) is 0 Å². The van der Waals surface area contributed by atoms with E-state index in [2.05, 4.69) is 114 Å². The van der Waals surface area contributed by atoms with E-state index in [0.29, 0.717) is 0 Å². The van der Waals surface area contributed by atoms with Crippen LogP contribution in [0, 0.1) is 11.8 Å². The maximum absolute atomic E-state index is 2.29. The molecule has 4 aliphatic rings. The fourth-order valence-electron chi connectivity index (χ4n) is 3.38. The second-order valence-electron chi connectivity index (χ2n) is 8.18. The molecule has 0 bridgehead atoms. The van der Waals surface area contributed by atoms with E-state index in [1.165, 1.54) is 83.2 Å². The third kappa shape index (κ3) is 13.0. The van der Waals surface area contributed by atoms with Gasteiger partial charge in [-0.2, -0.15) is 70.6 Å². The molecule has 4 rings (SSSR count). The lowest BCUT2D eigenvalue weighted by molar-refractivity contribution is 0.352. The summed E-state index contributed by atoms with van der Waals surface area (Å²) < 4.78 is 1.85. The van der Waals surface area contributed by atoms with Crippen LogP contribution in [0.3, 0.4) is 0 Å². The summed E-state index contributed by atoms with van der Waals surface area (Å²) in [4.78, 5) is 0. The van der Waals surface area contributed by atoms with Crippen molar-refractivity contribution in [2.75, 3.05) is 57.5 Å². The van der Waals surface area contributed by atoms with Crippen LogP contribution in [0.2, 0.25) is 0 Å². The SMILES string of the molecule is C(CSCC1SS1)CC(CSCC1CS1)C(CCCSCC1SS1)CSCC1CS1. The van der Waals surface area contributed by atoms with Crippen molar-refractivity contribution in [2.24, 2.45) is 11.8 Å². The minimum atomic E-state index is 0.923. The predicted molar refractivity (Wildman–Crippen MR) is 165 cm³/mol. The number of hydrogen-bond donors (Lipinski definition) is 0. The summed E-state index contributed by atoms with van der Waals surface area (Å²) in [5.74, 6) is 16.0. The van der Waals surface area contributed by atoms with Crippen LogP contribution in [-0.2, 0) is 0 Å². The molecular formula is C20H34S10. The highest BCUT2D eigenvalue weighted by molar-refractivity contribution is 8.93. The van der Waals surface area contributed by atoms with E-state index in [-0.39, 0.29) is 0 Å². The lowest BCUT2D eigenvalue weighted by atomic mass is 9.88. The molecule has 0 N–H and O–H groups in total. The molecule has 4 saturated heterocycles. The van der Waals surface area contributed by atoms with Crippen LogP contribution in [0.4, 0.5) is 0 Å². The van der Waals surface area contributed by atoms with Crippen LogP contribution >= 0.6 is 114 Å². The molecule has 0 saturated carbocycles.